The van der Waals surface area contributed by atoms with Crippen LogP contribution in [0, 0.1) is 13.8 Å². The molecular weight excluding hydrogens is 414 g/mol. The van der Waals surface area contributed by atoms with Crippen molar-refractivity contribution in [1.82, 2.24) is 14.8 Å². The van der Waals surface area contributed by atoms with E-state index in [1.807, 2.05) is 44.1 Å². The molecule has 0 saturated carbocycles. The van der Waals surface area contributed by atoms with E-state index >= 15 is 0 Å². The Kier molecular flexibility index (Phi) is 6.92. The fraction of sp³-hybridized carbons (Fsp3) is 0.348. The molecular formula is C23H27N3O4S. The maximum Gasteiger partial charge on any atom is 0.290 e. The van der Waals surface area contributed by atoms with Gasteiger partial charge in [-0.15, -0.1) is 11.3 Å². The van der Waals surface area contributed by atoms with Gasteiger partial charge in [-0.05, 0) is 34.0 Å². The van der Waals surface area contributed by atoms with Gasteiger partial charge in [0.15, 0.2) is 5.76 Å². The Morgan fingerprint density at radius 2 is 2.06 bits per heavy atom. The van der Waals surface area contributed by atoms with Crippen molar-refractivity contribution in [3.8, 4) is 5.75 Å². The van der Waals surface area contributed by atoms with Crippen molar-refractivity contribution in [2.45, 2.75) is 19.9 Å². The monoisotopic (exact) mass is 441 g/mol. The normalized spacial score (nSPS) is 16.4. The molecule has 2 aromatic rings. The van der Waals surface area contributed by atoms with E-state index in [0.29, 0.717) is 35.0 Å². The number of Topliss-reactive ketones (excluding diaryl/α,β-unsaturated/α-hetero) is 1. The Morgan fingerprint density at radius 1 is 1.35 bits per heavy atom. The lowest BCUT2D eigenvalue weighted by molar-refractivity contribution is -0.129. The molecule has 0 spiro atoms. The molecule has 1 aromatic heterocycles. The minimum Gasteiger partial charge on any atom is -0.503 e. The number of carbonyl (C=O) groups is 2. The highest BCUT2D eigenvalue weighted by Gasteiger charge is 2.45. The van der Waals surface area contributed by atoms with Crippen molar-refractivity contribution in [1.29, 1.82) is 0 Å². The molecule has 1 atom stereocenters. The lowest BCUT2D eigenvalue weighted by Gasteiger charge is -2.29. The van der Waals surface area contributed by atoms with E-state index in [2.05, 4.69) is 11.6 Å². The number of aliphatic hydroxyl groups excluding tert-OH is 1. The van der Waals surface area contributed by atoms with E-state index in [1.165, 1.54) is 16.2 Å². The Morgan fingerprint density at radius 3 is 2.68 bits per heavy atom. The standard InChI is InChI=1S/C23H27N3O4S/c1-6-13-30-17-10-8-7-9-16(17)19-18(20(27)22-14(2)24-15(3)31-22)21(28)23(29)26(19)12-11-25(4)5/h6-10,19,28H,1,11-13H2,2-5H3. The molecule has 164 valence electrons. The summed E-state index contributed by atoms with van der Waals surface area (Å²) in [5.41, 5.74) is 1.29. The summed E-state index contributed by atoms with van der Waals surface area (Å²) >= 11 is 1.26. The smallest absolute Gasteiger partial charge is 0.290 e. The van der Waals surface area contributed by atoms with Crippen LogP contribution in [0.4, 0.5) is 0 Å². The third-order valence-corrected chi connectivity index (χ3v) is 6.09. The van der Waals surface area contributed by atoms with Crippen LogP contribution in [0.25, 0.3) is 0 Å². The van der Waals surface area contributed by atoms with Gasteiger partial charge in [-0.25, -0.2) is 4.98 Å². The van der Waals surface area contributed by atoms with Crippen LogP contribution in [-0.2, 0) is 4.79 Å². The fourth-order valence-electron chi connectivity index (χ4n) is 3.60. The van der Waals surface area contributed by atoms with Crippen molar-refractivity contribution in [3.63, 3.8) is 0 Å². The highest BCUT2D eigenvalue weighted by Crippen LogP contribution is 2.43. The minimum absolute atomic E-state index is 0.0603. The van der Waals surface area contributed by atoms with Crippen LogP contribution in [0.3, 0.4) is 0 Å². The number of aryl methyl sites for hydroxylation is 2. The maximum atomic E-state index is 13.5. The van der Waals surface area contributed by atoms with Gasteiger partial charge < -0.3 is 19.6 Å². The summed E-state index contributed by atoms with van der Waals surface area (Å²) in [7, 11) is 3.80. The molecule has 0 bridgehead atoms. The first kappa shape index (κ1) is 22.7. The van der Waals surface area contributed by atoms with Gasteiger partial charge in [0.2, 0.25) is 5.78 Å². The summed E-state index contributed by atoms with van der Waals surface area (Å²) in [5.74, 6) is -0.928. The van der Waals surface area contributed by atoms with E-state index in [-0.39, 0.29) is 18.0 Å². The van der Waals surface area contributed by atoms with Crippen LogP contribution in [0.2, 0.25) is 0 Å². The number of thiazole rings is 1. The Labute approximate surface area is 186 Å². The summed E-state index contributed by atoms with van der Waals surface area (Å²) in [6.07, 6.45) is 1.63. The molecule has 1 aliphatic rings. The molecule has 7 nitrogen and oxygen atoms in total. The summed E-state index contributed by atoms with van der Waals surface area (Å²) in [6.45, 7) is 8.45. The highest BCUT2D eigenvalue weighted by molar-refractivity contribution is 7.14. The number of aliphatic hydroxyl groups is 1. The molecule has 1 aromatic carbocycles. The van der Waals surface area contributed by atoms with Crippen LogP contribution in [0.15, 0.2) is 48.3 Å². The quantitative estimate of drug-likeness (QED) is 0.474. The predicted octanol–water partition coefficient (Wildman–Crippen LogP) is 3.46. The number of carbonyl (C=O) groups excluding carboxylic acids is 2. The fourth-order valence-corrected chi connectivity index (χ4v) is 4.47. The number of nitrogens with zero attached hydrogens (tertiary/aromatic N) is 3. The van der Waals surface area contributed by atoms with Crippen molar-refractivity contribution in [2.24, 2.45) is 0 Å². The number of aromatic nitrogens is 1. The SMILES string of the molecule is C=CCOc1ccccc1C1C(C(=O)c2sc(C)nc2C)=C(O)C(=O)N1CCN(C)C. The molecule has 0 fully saturated rings. The molecule has 0 aliphatic carbocycles. The first-order valence-corrected chi connectivity index (χ1v) is 10.8. The van der Waals surface area contributed by atoms with E-state index in [1.54, 1.807) is 19.1 Å². The van der Waals surface area contributed by atoms with Gasteiger partial charge in [0.25, 0.3) is 5.91 Å². The van der Waals surface area contributed by atoms with Gasteiger partial charge in [-0.3, -0.25) is 9.59 Å². The topological polar surface area (TPSA) is 83.0 Å². The van der Waals surface area contributed by atoms with Crippen molar-refractivity contribution >= 4 is 23.0 Å². The molecule has 31 heavy (non-hydrogen) atoms. The lowest BCUT2D eigenvalue weighted by Crippen LogP contribution is -2.36. The van der Waals surface area contributed by atoms with Crippen LogP contribution in [-0.4, -0.2) is 65.4 Å². The Hall–Kier alpha value is -2.97. The molecule has 1 amide bonds. The number of likely N-dealkylation sites (N-methyl/N-ethyl adjacent to an activating group) is 1. The number of hydrogen-bond acceptors (Lipinski definition) is 7. The van der Waals surface area contributed by atoms with Gasteiger partial charge >= 0.3 is 0 Å². The average molecular weight is 442 g/mol. The van der Waals surface area contributed by atoms with Gasteiger partial charge in [0.1, 0.15) is 12.4 Å². The van der Waals surface area contributed by atoms with E-state index < -0.39 is 17.7 Å². The van der Waals surface area contributed by atoms with Crippen LogP contribution < -0.4 is 4.74 Å². The zero-order valence-corrected chi connectivity index (χ0v) is 19.0. The maximum absolute atomic E-state index is 13.5. The predicted molar refractivity (Wildman–Crippen MR) is 121 cm³/mol. The van der Waals surface area contributed by atoms with Crippen LogP contribution in [0.5, 0.6) is 5.75 Å². The molecule has 1 N–H and O–H groups in total. The van der Waals surface area contributed by atoms with Gasteiger partial charge in [0.05, 0.1) is 27.2 Å². The second kappa shape index (κ2) is 9.45. The van der Waals surface area contributed by atoms with Gasteiger partial charge in [0, 0.05) is 18.7 Å². The number of para-hydroxylation sites is 1. The molecule has 0 radical (unpaired) electrons. The third kappa shape index (κ3) is 4.55. The highest BCUT2D eigenvalue weighted by atomic mass is 32.1. The first-order chi connectivity index (χ1) is 14.8. The minimum atomic E-state index is -0.761. The van der Waals surface area contributed by atoms with Crippen LogP contribution in [0.1, 0.15) is 32.0 Å². The molecule has 8 heteroatoms. The first-order valence-electron chi connectivity index (χ1n) is 9.96. The molecule has 0 saturated heterocycles. The Balaban J connectivity index is 2.13. The summed E-state index contributed by atoms with van der Waals surface area (Å²) in [6, 6.07) is 6.49. The third-order valence-electron chi connectivity index (χ3n) is 5.02. The zero-order valence-electron chi connectivity index (χ0n) is 18.2. The summed E-state index contributed by atoms with van der Waals surface area (Å²) in [5, 5.41) is 11.6. The van der Waals surface area contributed by atoms with E-state index in [9.17, 15) is 14.7 Å². The van der Waals surface area contributed by atoms with Crippen LogP contribution >= 0.6 is 11.3 Å². The number of rotatable bonds is 9. The van der Waals surface area contributed by atoms with Gasteiger partial charge in [-0.1, -0.05) is 30.9 Å². The number of ether oxygens (including phenoxy) is 1. The number of hydrogen-bond donors (Lipinski definition) is 1. The van der Waals surface area contributed by atoms with E-state index in [0.717, 1.165) is 5.01 Å². The number of ketones is 1. The number of amides is 1. The summed E-state index contributed by atoms with van der Waals surface area (Å²) in [4.78, 5) is 34.8. The molecule has 2 heterocycles. The number of benzene rings is 1. The van der Waals surface area contributed by atoms with Gasteiger partial charge in [-0.2, -0.15) is 0 Å². The molecule has 1 unspecified atom stereocenters. The lowest BCUT2D eigenvalue weighted by atomic mass is 9.94. The second-order valence-electron chi connectivity index (χ2n) is 7.58. The van der Waals surface area contributed by atoms with Crippen molar-refractivity contribution < 1.29 is 19.4 Å². The second-order valence-corrected chi connectivity index (χ2v) is 8.78. The summed E-state index contributed by atoms with van der Waals surface area (Å²) < 4.78 is 5.81. The Bertz CT molecular complexity index is 1040. The average Bonchev–Trinajstić information content (AvgIpc) is 3.20. The van der Waals surface area contributed by atoms with Crippen molar-refractivity contribution in [2.75, 3.05) is 33.8 Å². The molecule has 1 aliphatic heterocycles. The largest absolute Gasteiger partial charge is 0.503 e. The van der Waals surface area contributed by atoms with E-state index in [4.69, 9.17) is 4.74 Å². The van der Waals surface area contributed by atoms with Crippen molar-refractivity contribution in [3.05, 3.63) is 69.4 Å². The molecule has 3 rings (SSSR count). The zero-order chi connectivity index (χ0) is 22.7.